The molecule has 0 bridgehead atoms. The van der Waals surface area contributed by atoms with Crippen LogP contribution in [0.15, 0.2) is 64.4 Å². The monoisotopic (exact) mass is 390 g/mol. The molecule has 3 rings (SSSR count). The van der Waals surface area contributed by atoms with Crippen molar-refractivity contribution in [3.05, 3.63) is 54.6 Å². The summed E-state index contributed by atoms with van der Waals surface area (Å²) in [5.41, 5.74) is 0.753. The van der Waals surface area contributed by atoms with Crippen LogP contribution < -0.4 is 5.32 Å². The number of anilines is 1. The van der Waals surface area contributed by atoms with Crippen LogP contribution in [0, 0.1) is 5.92 Å². The van der Waals surface area contributed by atoms with Gasteiger partial charge in [-0.2, -0.15) is 0 Å². The van der Waals surface area contributed by atoms with Gasteiger partial charge in [0.15, 0.2) is 0 Å². The first-order chi connectivity index (χ1) is 12.4. The van der Waals surface area contributed by atoms with E-state index >= 15 is 0 Å². The highest BCUT2D eigenvalue weighted by Crippen LogP contribution is 2.33. The van der Waals surface area contributed by atoms with Gasteiger partial charge in [0, 0.05) is 22.9 Å². The minimum absolute atomic E-state index is 0.125. The fourth-order valence-electron chi connectivity index (χ4n) is 2.97. The molecule has 0 spiro atoms. The van der Waals surface area contributed by atoms with E-state index in [4.69, 9.17) is 0 Å². The Labute approximate surface area is 158 Å². The van der Waals surface area contributed by atoms with Crippen molar-refractivity contribution in [2.24, 2.45) is 5.92 Å². The van der Waals surface area contributed by atoms with Gasteiger partial charge in [-0.1, -0.05) is 42.1 Å². The molecule has 1 heterocycles. The molecule has 1 N–H and O–H groups in total. The quantitative estimate of drug-likeness (QED) is 0.849. The summed E-state index contributed by atoms with van der Waals surface area (Å²) in [5, 5.41) is 2.99. The SMILES string of the molecule is CS(=O)(=O)N1CCC[C@@H](C(=O)Nc2ccccc2Sc2ccccc2)C1. The number of nitrogens with zero attached hydrogens (tertiary/aromatic N) is 1. The predicted octanol–water partition coefficient (Wildman–Crippen LogP) is 3.45. The Morgan fingerprint density at radius 2 is 1.81 bits per heavy atom. The Kier molecular flexibility index (Phi) is 6.01. The van der Waals surface area contributed by atoms with Crippen molar-refractivity contribution in [3.63, 3.8) is 0 Å². The number of benzene rings is 2. The third-order valence-corrected chi connectivity index (χ3v) is 6.69. The maximum atomic E-state index is 12.7. The number of hydrogen-bond acceptors (Lipinski definition) is 4. The van der Waals surface area contributed by atoms with E-state index in [1.807, 2.05) is 54.6 Å². The minimum atomic E-state index is -3.26. The van der Waals surface area contributed by atoms with Gasteiger partial charge < -0.3 is 5.32 Å². The van der Waals surface area contributed by atoms with Crippen molar-refractivity contribution in [2.45, 2.75) is 22.6 Å². The number of nitrogens with one attached hydrogen (secondary N) is 1. The van der Waals surface area contributed by atoms with E-state index in [-0.39, 0.29) is 18.4 Å². The Morgan fingerprint density at radius 3 is 2.54 bits per heavy atom. The topological polar surface area (TPSA) is 66.5 Å². The molecule has 0 radical (unpaired) electrons. The van der Waals surface area contributed by atoms with E-state index in [0.29, 0.717) is 19.4 Å². The van der Waals surface area contributed by atoms with Crippen LogP contribution in [-0.4, -0.2) is 38.0 Å². The smallest absolute Gasteiger partial charge is 0.228 e. The van der Waals surface area contributed by atoms with Crippen molar-refractivity contribution in [1.29, 1.82) is 0 Å². The second kappa shape index (κ2) is 8.24. The van der Waals surface area contributed by atoms with Crippen LogP contribution in [0.2, 0.25) is 0 Å². The molecule has 1 amide bonds. The summed E-state index contributed by atoms with van der Waals surface area (Å²) in [4.78, 5) is 14.8. The maximum absolute atomic E-state index is 12.7. The normalized spacial score (nSPS) is 18.4. The lowest BCUT2D eigenvalue weighted by Crippen LogP contribution is -2.43. The molecule has 1 aliphatic rings. The van der Waals surface area contributed by atoms with Crippen molar-refractivity contribution in [2.75, 3.05) is 24.7 Å². The summed E-state index contributed by atoms with van der Waals surface area (Å²) in [6.07, 6.45) is 2.59. The van der Waals surface area contributed by atoms with Crippen LogP contribution in [-0.2, 0) is 14.8 Å². The Hall–Kier alpha value is -1.83. The lowest BCUT2D eigenvalue weighted by molar-refractivity contribution is -0.120. The van der Waals surface area contributed by atoms with Crippen LogP contribution in [0.4, 0.5) is 5.69 Å². The average molecular weight is 391 g/mol. The second-order valence-electron chi connectivity index (χ2n) is 6.36. The molecule has 7 heteroatoms. The first-order valence-electron chi connectivity index (χ1n) is 8.51. The zero-order chi connectivity index (χ0) is 18.6. The summed E-state index contributed by atoms with van der Waals surface area (Å²) in [6.45, 7) is 0.738. The van der Waals surface area contributed by atoms with Crippen LogP contribution in [0.5, 0.6) is 0 Å². The lowest BCUT2D eigenvalue weighted by Gasteiger charge is -2.30. The van der Waals surface area contributed by atoms with Crippen LogP contribution in [0.1, 0.15) is 12.8 Å². The largest absolute Gasteiger partial charge is 0.325 e. The number of para-hydroxylation sites is 1. The van der Waals surface area contributed by atoms with Gasteiger partial charge in [-0.25, -0.2) is 12.7 Å². The van der Waals surface area contributed by atoms with Gasteiger partial charge >= 0.3 is 0 Å². The number of carbonyl (C=O) groups is 1. The average Bonchev–Trinajstić information content (AvgIpc) is 2.63. The molecular weight excluding hydrogens is 368 g/mol. The summed E-state index contributed by atoms with van der Waals surface area (Å²) in [7, 11) is -3.26. The molecule has 0 saturated carbocycles. The summed E-state index contributed by atoms with van der Waals surface area (Å²) in [6, 6.07) is 17.6. The van der Waals surface area contributed by atoms with Gasteiger partial charge in [-0.05, 0) is 37.1 Å². The van der Waals surface area contributed by atoms with Gasteiger partial charge in [-0.3, -0.25) is 4.79 Å². The number of piperidine rings is 1. The highest BCUT2D eigenvalue weighted by molar-refractivity contribution is 7.99. The van der Waals surface area contributed by atoms with Gasteiger partial charge in [0.2, 0.25) is 15.9 Å². The lowest BCUT2D eigenvalue weighted by atomic mass is 9.99. The number of hydrogen-bond donors (Lipinski definition) is 1. The van der Waals surface area contributed by atoms with E-state index in [1.165, 1.54) is 10.6 Å². The molecule has 5 nitrogen and oxygen atoms in total. The minimum Gasteiger partial charge on any atom is -0.325 e. The van der Waals surface area contributed by atoms with Crippen molar-refractivity contribution < 1.29 is 13.2 Å². The molecule has 1 atom stereocenters. The molecule has 26 heavy (non-hydrogen) atoms. The number of sulfonamides is 1. The molecule has 1 aliphatic heterocycles. The molecule has 138 valence electrons. The van der Waals surface area contributed by atoms with Gasteiger partial charge in [0.05, 0.1) is 17.9 Å². The Balaban J connectivity index is 1.71. The first-order valence-corrected chi connectivity index (χ1v) is 11.2. The van der Waals surface area contributed by atoms with Crippen LogP contribution in [0.25, 0.3) is 0 Å². The van der Waals surface area contributed by atoms with Gasteiger partial charge in [-0.15, -0.1) is 0 Å². The molecule has 2 aromatic rings. The Bertz CT molecular complexity index is 869. The molecular formula is C19H22N2O3S2. The third kappa shape index (κ3) is 4.87. The molecule has 0 aliphatic carbocycles. The molecule has 0 aromatic heterocycles. The van der Waals surface area contributed by atoms with Crippen LogP contribution >= 0.6 is 11.8 Å². The predicted molar refractivity (Wildman–Crippen MR) is 105 cm³/mol. The Morgan fingerprint density at radius 1 is 1.12 bits per heavy atom. The van der Waals surface area contributed by atoms with Crippen molar-refractivity contribution in [1.82, 2.24) is 4.31 Å². The second-order valence-corrected chi connectivity index (χ2v) is 9.46. The first kappa shape index (κ1) is 18.9. The molecule has 1 fully saturated rings. The number of amides is 1. The van der Waals surface area contributed by atoms with E-state index in [0.717, 1.165) is 15.5 Å². The summed E-state index contributed by atoms with van der Waals surface area (Å²) in [5.74, 6) is -0.451. The fraction of sp³-hybridized carbons (Fsp3) is 0.316. The van der Waals surface area contributed by atoms with E-state index in [2.05, 4.69) is 5.32 Å². The zero-order valence-electron chi connectivity index (χ0n) is 14.6. The molecule has 2 aromatic carbocycles. The van der Waals surface area contributed by atoms with Crippen molar-refractivity contribution in [3.8, 4) is 0 Å². The summed E-state index contributed by atoms with van der Waals surface area (Å²) < 4.78 is 24.9. The van der Waals surface area contributed by atoms with Crippen molar-refractivity contribution >= 4 is 33.4 Å². The molecule has 0 unspecified atom stereocenters. The van der Waals surface area contributed by atoms with Gasteiger partial charge in [0.1, 0.15) is 0 Å². The summed E-state index contributed by atoms with van der Waals surface area (Å²) >= 11 is 1.59. The number of rotatable bonds is 5. The van der Waals surface area contributed by atoms with Gasteiger partial charge in [0.25, 0.3) is 0 Å². The molecule has 1 saturated heterocycles. The third-order valence-electron chi connectivity index (χ3n) is 4.34. The standard InChI is InChI=1S/C19H22N2O3S2/c1-26(23,24)21-13-7-8-15(14-21)19(22)20-17-11-5-6-12-18(17)25-16-9-3-2-4-10-16/h2-6,9-12,15H,7-8,13-14H2,1H3,(H,20,22)/t15-/m1/s1. The van der Waals surface area contributed by atoms with E-state index in [9.17, 15) is 13.2 Å². The zero-order valence-corrected chi connectivity index (χ0v) is 16.2. The highest BCUT2D eigenvalue weighted by atomic mass is 32.2. The van der Waals surface area contributed by atoms with E-state index in [1.54, 1.807) is 11.8 Å². The number of carbonyl (C=O) groups excluding carboxylic acids is 1. The highest BCUT2D eigenvalue weighted by Gasteiger charge is 2.30. The van der Waals surface area contributed by atoms with Crippen LogP contribution in [0.3, 0.4) is 0 Å². The fourth-order valence-corrected chi connectivity index (χ4v) is 4.80. The maximum Gasteiger partial charge on any atom is 0.228 e. The van der Waals surface area contributed by atoms with E-state index < -0.39 is 10.0 Å².